The average Bonchev–Trinajstić information content (AvgIpc) is 2.36. The predicted molar refractivity (Wildman–Crippen MR) is 38.5 cm³/mol. The molecule has 2 heteroatoms. The second kappa shape index (κ2) is 1.90. The number of para-hydroxylation sites is 1. The summed E-state index contributed by atoms with van der Waals surface area (Å²) in [5.41, 5.74) is 1.96. The Kier molecular flexibility index (Phi) is 1.07. The zero-order chi connectivity index (χ0) is 6.97. The molecule has 2 nitrogen and oxygen atoms in total. The molecule has 0 spiro atoms. The van der Waals surface area contributed by atoms with Gasteiger partial charge in [-0.05, 0) is 18.1 Å². The van der Waals surface area contributed by atoms with Crippen LogP contribution in [0, 0.1) is 0 Å². The van der Waals surface area contributed by atoms with Gasteiger partial charge in [0.15, 0.2) is 0 Å². The molecule has 0 atom stereocenters. The Bertz CT molecular complexity index is 257. The van der Waals surface area contributed by atoms with Gasteiger partial charge in [-0.25, -0.2) is 0 Å². The van der Waals surface area contributed by atoms with E-state index in [-0.39, 0.29) is 0 Å². The Morgan fingerprint density at radius 2 is 2.30 bits per heavy atom. The Labute approximate surface area is 59.5 Å². The molecule has 0 unspecified atom stereocenters. The van der Waals surface area contributed by atoms with E-state index < -0.39 is 0 Å². The van der Waals surface area contributed by atoms with Gasteiger partial charge in [-0.15, -0.1) is 0 Å². The van der Waals surface area contributed by atoms with Crippen LogP contribution in [0.25, 0.3) is 0 Å². The average molecular weight is 134 g/mol. The van der Waals surface area contributed by atoms with Crippen LogP contribution in [-0.4, -0.2) is 11.7 Å². The fourth-order valence-electron chi connectivity index (χ4n) is 1.25. The molecule has 1 aliphatic rings. The van der Waals surface area contributed by atoms with Crippen LogP contribution in [0.4, 0.5) is 5.69 Å². The van der Waals surface area contributed by atoms with Crippen molar-refractivity contribution in [1.29, 1.82) is 0 Å². The van der Waals surface area contributed by atoms with Gasteiger partial charge in [0.25, 0.3) is 0 Å². The number of phenols is 1. The quantitative estimate of drug-likeness (QED) is 0.568. The summed E-state index contributed by atoms with van der Waals surface area (Å²) in [6.07, 6.45) is 0.976. The Balaban J connectivity index is 2.59. The van der Waals surface area contributed by atoms with Crippen LogP contribution >= 0.6 is 0 Å². The lowest BCUT2D eigenvalue weighted by atomic mass is 10.1. The predicted octanol–water partition coefficient (Wildman–Crippen LogP) is 1.18. The molecule has 1 aliphatic heterocycles. The van der Waals surface area contributed by atoms with E-state index in [9.17, 15) is 5.11 Å². The van der Waals surface area contributed by atoms with Crippen LogP contribution in [0.5, 0.6) is 5.75 Å². The largest absolute Gasteiger partial charge is 0.506 e. The third-order valence-electron chi connectivity index (χ3n) is 1.75. The lowest BCUT2D eigenvalue weighted by Crippen LogP contribution is -1.89. The van der Waals surface area contributed by atoms with Crippen LogP contribution in [0.2, 0.25) is 0 Å². The topological polar surface area (TPSA) is 34.3 Å². The van der Waals surface area contributed by atoms with Crippen LogP contribution < -0.4 is 5.32 Å². The van der Waals surface area contributed by atoms with Crippen LogP contribution in [0.15, 0.2) is 18.2 Å². The third kappa shape index (κ3) is 0.652. The first-order valence-electron chi connectivity index (χ1n) is 3.36. The van der Waals surface area contributed by atoms with Crippen molar-refractivity contribution >= 4 is 5.69 Å². The standard InChI is InChI=1S/C8H8NO/c10-7-3-1-2-6-4-5-9-8(6)7/h1-3,10H,4-5H2. The van der Waals surface area contributed by atoms with Crippen molar-refractivity contribution in [1.82, 2.24) is 5.32 Å². The molecule has 0 fully saturated rings. The zero-order valence-corrected chi connectivity index (χ0v) is 5.54. The summed E-state index contributed by atoms with van der Waals surface area (Å²) in [5.74, 6) is 0.315. The van der Waals surface area contributed by atoms with Gasteiger partial charge in [0.1, 0.15) is 11.4 Å². The maximum Gasteiger partial charge on any atom is 0.141 e. The van der Waals surface area contributed by atoms with E-state index >= 15 is 0 Å². The fraction of sp³-hybridized carbons (Fsp3) is 0.250. The van der Waals surface area contributed by atoms with Crippen molar-refractivity contribution < 1.29 is 5.11 Å². The fourth-order valence-corrected chi connectivity index (χ4v) is 1.25. The van der Waals surface area contributed by atoms with Gasteiger partial charge in [0.05, 0.1) is 0 Å². The van der Waals surface area contributed by atoms with Crippen molar-refractivity contribution in [3.63, 3.8) is 0 Å². The molecule has 1 heterocycles. The lowest BCUT2D eigenvalue weighted by Gasteiger charge is -1.98. The molecule has 10 heavy (non-hydrogen) atoms. The van der Waals surface area contributed by atoms with E-state index in [2.05, 4.69) is 5.32 Å². The number of rotatable bonds is 0. The first-order chi connectivity index (χ1) is 4.88. The maximum absolute atomic E-state index is 9.24. The highest BCUT2D eigenvalue weighted by atomic mass is 16.3. The molecule has 2 rings (SSSR count). The molecular weight excluding hydrogens is 126 g/mol. The SMILES string of the molecule is Oc1cccc2c1[N]CC2. The monoisotopic (exact) mass is 134 g/mol. The first-order valence-corrected chi connectivity index (χ1v) is 3.36. The summed E-state index contributed by atoms with van der Waals surface area (Å²) in [6, 6.07) is 5.54. The van der Waals surface area contributed by atoms with Gasteiger partial charge in [0, 0.05) is 6.54 Å². The molecule has 0 aromatic heterocycles. The second-order valence-corrected chi connectivity index (χ2v) is 2.42. The first kappa shape index (κ1) is 5.59. The number of hydrogen-bond acceptors (Lipinski definition) is 1. The molecular formula is C8H8NO. The van der Waals surface area contributed by atoms with Gasteiger partial charge in [-0.1, -0.05) is 12.1 Å². The summed E-state index contributed by atoms with van der Waals surface area (Å²) < 4.78 is 0. The minimum atomic E-state index is 0.315. The molecule has 0 saturated heterocycles. The van der Waals surface area contributed by atoms with Gasteiger partial charge in [-0.2, -0.15) is 0 Å². The summed E-state index contributed by atoms with van der Waals surface area (Å²) in [4.78, 5) is 0. The third-order valence-corrected chi connectivity index (χ3v) is 1.75. The Morgan fingerprint density at radius 1 is 1.40 bits per heavy atom. The Morgan fingerprint density at radius 3 is 3.10 bits per heavy atom. The summed E-state index contributed by atoms with van der Waals surface area (Å²) in [6.45, 7) is 0.826. The van der Waals surface area contributed by atoms with Crippen molar-refractivity contribution in [2.75, 3.05) is 6.54 Å². The van der Waals surface area contributed by atoms with Crippen LogP contribution in [0.3, 0.4) is 0 Å². The molecule has 0 aliphatic carbocycles. The van der Waals surface area contributed by atoms with Gasteiger partial charge in [-0.3, -0.25) is 5.32 Å². The molecule has 1 aromatic rings. The van der Waals surface area contributed by atoms with Crippen LogP contribution in [-0.2, 0) is 6.42 Å². The molecule has 0 bridgehead atoms. The van der Waals surface area contributed by atoms with E-state index in [0.717, 1.165) is 18.7 Å². The Hall–Kier alpha value is -1.18. The van der Waals surface area contributed by atoms with E-state index in [4.69, 9.17) is 0 Å². The van der Waals surface area contributed by atoms with Crippen molar-refractivity contribution in [3.8, 4) is 5.75 Å². The van der Waals surface area contributed by atoms with E-state index in [1.54, 1.807) is 6.07 Å². The molecule has 1 N–H and O–H groups in total. The van der Waals surface area contributed by atoms with Gasteiger partial charge in [0.2, 0.25) is 0 Å². The van der Waals surface area contributed by atoms with Gasteiger partial charge >= 0.3 is 0 Å². The highest BCUT2D eigenvalue weighted by Gasteiger charge is 2.13. The summed E-state index contributed by atoms with van der Waals surface area (Å²) >= 11 is 0. The molecule has 51 valence electrons. The zero-order valence-electron chi connectivity index (χ0n) is 5.54. The van der Waals surface area contributed by atoms with E-state index in [1.807, 2.05) is 12.1 Å². The number of nitrogens with zero attached hydrogens (tertiary/aromatic N) is 1. The second-order valence-electron chi connectivity index (χ2n) is 2.42. The number of hydrogen-bond donors (Lipinski definition) is 1. The highest BCUT2D eigenvalue weighted by Crippen LogP contribution is 2.30. The molecule has 0 saturated carbocycles. The smallest absolute Gasteiger partial charge is 0.141 e. The molecule has 1 aromatic carbocycles. The number of aromatic hydroxyl groups is 1. The van der Waals surface area contributed by atoms with E-state index in [1.165, 1.54) is 5.56 Å². The minimum Gasteiger partial charge on any atom is -0.506 e. The minimum absolute atomic E-state index is 0.315. The normalized spacial score (nSPS) is 14.4. The van der Waals surface area contributed by atoms with Gasteiger partial charge < -0.3 is 5.11 Å². The maximum atomic E-state index is 9.24. The number of benzene rings is 1. The highest BCUT2D eigenvalue weighted by molar-refractivity contribution is 5.58. The van der Waals surface area contributed by atoms with Crippen LogP contribution in [0.1, 0.15) is 5.56 Å². The van der Waals surface area contributed by atoms with E-state index in [0.29, 0.717) is 5.75 Å². The number of phenolic OH excluding ortho intramolecular Hbond substituents is 1. The van der Waals surface area contributed by atoms with Crippen molar-refractivity contribution in [2.45, 2.75) is 6.42 Å². The molecule has 0 amide bonds. The summed E-state index contributed by atoms with van der Waals surface area (Å²) in [7, 11) is 0. The lowest BCUT2D eigenvalue weighted by molar-refractivity contribution is 0.474. The van der Waals surface area contributed by atoms with Crippen molar-refractivity contribution in [2.24, 2.45) is 0 Å². The number of fused-ring (bicyclic) bond motifs is 1. The molecule has 1 radical (unpaired) electrons. The van der Waals surface area contributed by atoms with Crippen molar-refractivity contribution in [3.05, 3.63) is 23.8 Å². The summed E-state index contributed by atoms with van der Waals surface area (Å²) in [5, 5.41) is 13.4.